The largest absolute Gasteiger partial charge is 0.444 e. The molecule has 6 nitrogen and oxygen atoms in total. The smallest absolute Gasteiger partial charge is 0.411 e. The molecule has 1 saturated heterocycles. The van der Waals surface area contributed by atoms with Crippen molar-refractivity contribution < 1.29 is 23.9 Å². The van der Waals surface area contributed by atoms with E-state index in [0.29, 0.717) is 0 Å². The van der Waals surface area contributed by atoms with Gasteiger partial charge in [0, 0.05) is 0 Å². The second-order valence-corrected chi connectivity index (χ2v) is 6.10. The highest BCUT2D eigenvalue weighted by atomic mass is 16.6. The van der Waals surface area contributed by atoms with Crippen LogP contribution < -0.4 is 0 Å². The molecular formula is C14H21NO5. The SMILES string of the molecule is CC(=O)C1CC(C(C)=O)N(C(=O)OC(C)(C)C)CC1=O. The van der Waals surface area contributed by atoms with Gasteiger partial charge in [-0.3, -0.25) is 19.3 Å². The van der Waals surface area contributed by atoms with Crippen molar-refractivity contribution in [3.63, 3.8) is 0 Å². The minimum atomic E-state index is -0.803. The number of hydrogen-bond acceptors (Lipinski definition) is 5. The van der Waals surface area contributed by atoms with Crippen molar-refractivity contribution in [2.45, 2.75) is 52.7 Å². The van der Waals surface area contributed by atoms with Gasteiger partial charge in [0.05, 0.1) is 18.5 Å². The fourth-order valence-electron chi connectivity index (χ4n) is 2.16. The van der Waals surface area contributed by atoms with E-state index in [2.05, 4.69) is 0 Å². The summed E-state index contributed by atoms with van der Waals surface area (Å²) in [4.78, 5) is 48.2. The normalized spacial score (nSPS) is 23.4. The Kier molecular flexibility index (Phi) is 4.68. The van der Waals surface area contributed by atoms with Crippen LogP contribution in [0.2, 0.25) is 0 Å². The van der Waals surface area contributed by atoms with Crippen molar-refractivity contribution in [2.24, 2.45) is 5.92 Å². The van der Waals surface area contributed by atoms with Crippen LogP contribution in [0.1, 0.15) is 41.0 Å². The van der Waals surface area contributed by atoms with Crippen LogP contribution in [0, 0.1) is 5.92 Å². The summed E-state index contributed by atoms with van der Waals surface area (Å²) in [5.74, 6) is -1.68. The predicted molar refractivity (Wildman–Crippen MR) is 71.2 cm³/mol. The molecule has 0 aromatic carbocycles. The van der Waals surface area contributed by atoms with Gasteiger partial charge in [0.1, 0.15) is 11.4 Å². The first-order valence-corrected chi connectivity index (χ1v) is 6.56. The van der Waals surface area contributed by atoms with Crippen LogP contribution in [0.25, 0.3) is 0 Å². The Bertz CT molecular complexity index is 449. The van der Waals surface area contributed by atoms with Gasteiger partial charge in [-0.2, -0.15) is 0 Å². The number of ketones is 3. The number of rotatable bonds is 2. The topological polar surface area (TPSA) is 80.8 Å². The van der Waals surface area contributed by atoms with Gasteiger partial charge in [0.25, 0.3) is 0 Å². The lowest BCUT2D eigenvalue weighted by atomic mass is 9.86. The number of piperidine rings is 1. The lowest BCUT2D eigenvalue weighted by Gasteiger charge is -2.37. The van der Waals surface area contributed by atoms with Crippen molar-refractivity contribution in [3.8, 4) is 0 Å². The molecule has 0 saturated carbocycles. The molecule has 1 aliphatic heterocycles. The van der Waals surface area contributed by atoms with Gasteiger partial charge in [-0.1, -0.05) is 0 Å². The summed E-state index contributed by atoms with van der Waals surface area (Å²) >= 11 is 0. The maximum absolute atomic E-state index is 12.1. The molecule has 112 valence electrons. The number of ether oxygens (including phenoxy) is 1. The van der Waals surface area contributed by atoms with Crippen molar-refractivity contribution in [1.82, 2.24) is 4.90 Å². The summed E-state index contributed by atoms with van der Waals surface area (Å²) in [7, 11) is 0. The van der Waals surface area contributed by atoms with E-state index in [4.69, 9.17) is 4.74 Å². The van der Waals surface area contributed by atoms with Gasteiger partial charge in [-0.15, -0.1) is 0 Å². The Morgan fingerprint density at radius 1 is 1.15 bits per heavy atom. The maximum Gasteiger partial charge on any atom is 0.411 e. The Balaban J connectivity index is 2.95. The molecule has 1 aliphatic rings. The molecular weight excluding hydrogens is 262 g/mol. The van der Waals surface area contributed by atoms with E-state index in [1.807, 2.05) is 0 Å². The second-order valence-electron chi connectivity index (χ2n) is 6.10. The number of carbonyl (C=O) groups is 4. The highest BCUT2D eigenvalue weighted by molar-refractivity contribution is 6.05. The van der Waals surface area contributed by atoms with Crippen LogP contribution in [-0.2, 0) is 19.1 Å². The monoisotopic (exact) mass is 283 g/mol. The predicted octanol–water partition coefficient (Wildman–Crippen LogP) is 1.36. The maximum atomic E-state index is 12.1. The van der Waals surface area contributed by atoms with Crippen LogP contribution in [-0.4, -0.2) is 46.5 Å². The van der Waals surface area contributed by atoms with E-state index in [1.165, 1.54) is 13.8 Å². The average Bonchev–Trinajstić information content (AvgIpc) is 2.25. The Morgan fingerprint density at radius 2 is 1.70 bits per heavy atom. The summed E-state index contributed by atoms with van der Waals surface area (Å²) in [6.07, 6.45) is -0.656. The molecule has 2 unspecified atom stereocenters. The van der Waals surface area contributed by atoms with Crippen molar-refractivity contribution in [2.75, 3.05) is 6.54 Å². The first-order chi connectivity index (χ1) is 9.03. The summed E-state index contributed by atoms with van der Waals surface area (Å²) in [6, 6.07) is -0.781. The summed E-state index contributed by atoms with van der Waals surface area (Å²) in [5, 5.41) is 0. The molecule has 20 heavy (non-hydrogen) atoms. The summed E-state index contributed by atoms with van der Waals surface area (Å²) < 4.78 is 5.20. The third-order valence-corrected chi connectivity index (χ3v) is 3.14. The van der Waals surface area contributed by atoms with E-state index in [1.54, 1.807) is 20.8 Å². The number of Topliss-reactive ketones (excluding diaryl/α,β-unsaturated/α-hetero) is 3. The van der Waals surface area contributed by atoms with Crippen molar-refractivity contribution in [1.29, 1.82) is 0 Å². The zero-order chi connectivity index (χ0) is 15.7. The molecule has 2 atom stereocenters. The fourth-order valence-corrected chi connectivity index (χ4v) is 2.16. The Morgan fingerprint density at radius 3 is 2.10 bits per heavy atom. The molecule has 0 aromatic heterocycles. The lowest BCUT2D eigenvalue weighted by molar-refractivity contribution is -0.139. The van der Waals surface area contributed by atoms with Crippen LogP contribution in [0.3, 0.4) is 0 Å². The van der Waals surface area contributed by atoms with Crippen molar-refractivity contribution >= 4 is 23.4 Å². The average molecular weight is 283 g/mol. The number of nitrogens with zero attached hydrogens (tertiary/aromatic N) is 1. The number of carbonyl (C=O) groups excluding carboxylic acids is 4. The summed E-state index contributed by atoms with van der Waals surface area (Å²) in [6.45, 7) is 7.52. The zero-order valence-corrected chi connectivity index (χ0v) is 12.6. The van der Waals surface area contributed by atoms with Crippen LogP contribution in [0.15, 0.2) is 0 Å². The molecule has 0 radical (unpaired) electrons. The van der Waals surface area contributed by atoms with E-state index >= 15 is 0 Å². The number of hydrogen-bond donors (Lipinski definition) is 0. The van der Waals surface area contributed by atoms with E-state index in [9.17, 15) is 19.2 Å². The van der Waals surface area contributed by atoms with Gasteiger partial charge in [-0.05, 0) is 41.0 Å². The van der Waals surface area contributed by atoms with Crippen LogP contribution in [0.5, 0.6) is 0 Å². The molecule has 1 rings (SSSR count). The van der Waals surface area contributed by atoms with E-state index in [-0.39, 0.29) is 30.3 Å². The molecule has 6 heteroatoms. The second kappa shape index (κ2) is 5.73. The number of likely N-dealkylation sites (tertiary alicyclic amines) is 1. The Labute approximate surface area is 118 Å². The molecule has 0 aliphatic carbocycles. The van der Waals surface area contributed by atoms with Gasteiger partial charge in [0.2, 0.25) is 0 Å². The minimum absolute atomic E-state index is 0.0444. The minimum Gasteiger partial charge on any atom is -0.444 e. The quantitative estimate of drug-likeness (QED) is 0.715. The van der Waals surface area contributed by atoms with Gasteiger partial charge in [0.15, 0.2) is 11.6 Å². The fraction of sp³-hybridized carbons (Fsp3) is 0.714. The molecule has 0 aromatic rings. The van der Waals surface area contributed by atoms with Crippen LogP contribution in [0.4, 0.5) is 4.79 Å². The van der Waals surface area contributed by atoms with E-state index < -0.39 is 23.7 Å². The molecule has 0 spiro atoms. The van der Waals surface area contributed by atoms with Gasteiger partial charge < -0.3 is 4.74 Å². The highest BCUT2D eigenvalue weighted by Gasteiger charge is 2.42. The summed E-state index contributed by atoms with van der Waals surface area (Å²) in [5.41, 5.74) is -0.709. The lowest BCUT2D eigenvalue weighted by Crippen LogP contribution is -2.55. The van der Waals surface area contributed by atoms with E-state index in [0.717, 1.165) is 4.90 Å². The van der Waals surface area contributed by atoms with Gasteiger partial charge >= 0.3 is 6.09 Å². The molecule has 1 fully saturated rings. The Hall–Kier alpha value is -1.72. The third kappa shape index (κ3) is 3.88. The molecule has 1 amide bonds. The molecule has 1 heterocycles. The third-order valence-electron chi connectivity index (χ3n) is 3.14. The van der Waals surface area contributed by atoms with Crippen molar-refractivity contribution in [3.05, 3.63) is 0 Å². The first kappa shape index (κ1) is 16.3. The molecule has 0 bridgehead atoms. The number of amides is 1. The standard InChI is InChI=1S/C14H21NO5/c1-8(16)10-6-11(9(2)17)15(7-12(10)18)13(19)20-14(3,4)5/h10-11H,6-7H2,1-5H3. The first-order valence-electron chi connectivity index (χ1n) is 6.56. The molecule has 0 N–H and O–H groups in total. The van der Waals surface area contributed by atoms with Crippen LogP contribution >= 0.6 is 0 Å². The van der Waals surface area contributed by atoms with Gasteiger partial charge in [-0.25, -0.2) is 4.79 Å². The highest BCUT2D eigenvalue weighted by Crippen LogP contribution is 2.24. The zero-order valence-electron chi connectivity index (χ0n) is 12.6.